The Hall–Kier alpha value is -0.870. The van der Waals surface area contributed by atoms with Crippen LogP contribution in [0.15, 0.2) is 18.2 Å². The Labute approximate surface area is 106 Å². The molecule has 0 bridgehead atoms. The highest BCUT2D eigenvalue weighted by atomic mass is 32.2. The molecule has 1 aromatic rings. The number of rotatable bonds is 5. The molecule has 1 N–H and O–H groups in total. The average molecular weight is 254 g/mol. The molecule has 2 rings (SSSR count). The van der Waals surface area contributed by atoms with Crippen LogP contribution >= 0.6 is 11.8 Å². The lowest BCUT2D eigenvalue weighted by Crippen LogP contribution is -2.15. The number of aliphatic hydroxyl groups excluding tert-OH is 1. The van der Waals surface area contributed by atoms with E-state index in [2.05, 4.69) is 0 Å². The lowest BCUT2D eigenvalue weighted by Gasteiger charge is -2.16. The van der Waals surface area contributed by atoms with E-state index in [1.807, 2.05) is 30.0 Å². The van der Waals surface area contributed by atoms with Crippen molar-refractivity contribution in [2.24, 2.45) is 0 Å². The Balaban J connectivity index is 2.09. The molecule has 0 aromatic heterocycles. The molecule has 3 nitrogen and oxygen atoms in total. The maximum atomic E-state index is 8.91. The molecule has 0 spiro atoms. The minimum atomic E-state index is 0.155. The third-order valence-electron chi connectivity index (χ3n) is 2.81. The summed E-state index contributed by atoms with van der Waals surface area (Å²) in [6, 6.07) is 5.86. The quantitative estimate of drug-likeness (QED) is 0.873. The molecule has 94 valence electrons. The minimum absolute atomic E-state index is 0.155. The van der Waals surface area contributed by atoms with Gasteiger partial charge in [0.1, 0.15) is 6.10 Å². The van der Waals surface area contributed by atoms with E-state index in [4.69, 9.17) is 14.6 Å². The summed E-state index contributed by atoms with van der Waals surface area (Å²) in [5.74, 6) is 3.80. The number of aliphatic hydroxyl groups is 1. The number of methoxy groups -OCH3 is 1. The second-order valence-corrected chi connectivity index (χ2v) is 5.21. The second-order valence-electron chi connectivity index (χ2n) is 4.06. The van der Waals surface area contributed by atoms with E-state index in [0.29, 0.717) is 12.5 Å². The molecule has 1 aliphatic heterocycles. The normalized spacial score (nSPS) is 19.3. The molecule has 1 saturated heterocycles. The first-order valence-electron chi connectivity index (χ1n) is 5.85. The lowest BCUT2D eigenvalue weighted by atomic mass is 10.1. The Morgan fingerprint density at radius 1 is 1.41 bits per heavy atom. The molecule has 4 heteroatoms. The van der Waals surface area contributed by atoms with E-state index in [1.54, 1.807) is 7.11 Å². The molecule has 0 amide bonds. The molecular formula is C13H18O3S. The summed E-state index contributed by atoms with van der Waals surface area (Å²) >= 11 is 1.93. The van der Waals surface area contributed by atoms with Gasteiger partial charge in [-0.15, -0.1) is 0 Å². The summed E-state index contributed by atoms with van der Waals surface area (Å²) in [6.45, 7) is 0.155. The summed E-state index contributed by atoms with van der Waals surface area (Å²) in [4.78, 5) is 0. The van der Waals surface area contributed by atoms with Crippen LogP contribution in [0, 0.1) is 0 Å². The first-order chi connectivity index (χ1) is 8.33. The van der Waals surface area contributed by atoms with E-state index >= 15 is 0 Å². The Morgan fingerprint density at radius 3 is 2.94 bits per heavy atom. The van der Waals surface area contributed by atoms with Crippen molar-refractivity contribution in [2.75, 3.05) is 25.2 Å². The average Bonchev–Trinajstić information content (AvgIpc) is 2.84. The third-order valence-corrected chi connectivity index (χ3v) is 3.94. The van der Waals surface area contributed by atoms with Gasteiger partial charge in [0.2, 0.25) is 0 Å². The van der Waals surface area contributed by atoms with Gasteiger partial charge >= 0.3 is 0 Å². The number of ether oxygens (including phenoxy) is 2. The Morgan fingerprint density at radius 2 is 2.29 bits per heavy atom. The van der Waals surface area contributed by atoms with Crippen molar-refractivity contribution in [3.05, 3.63) is 23.8 Å². The molecule has 1 atom stereocenters. The van der Waals surface area contributed by atoms with E-state index < -0.39 is 0 Å². The molecule has 1 fully saturated rings. The van der Waals surface area contributed by atoms with Crippen molar-refractivity contribution in [3.63, 3.8) is 0 Å². The van der Waals surface area contributed by atoms with Crippen molar-refractivity contribution in [3.8, 4) is 11.5 Å². The number of hydrogen-bond donors (Lipinski definition) is 1. The number of thioether (sulfide) groups is 1. The summed E-state index contributed by atoms with van der Waals surface area (Å²) in [5, 5.41) is 8.91. The van der Waals surface area contributed by atoms with Gasteiger partial charge < -0.3 is 14.6 Å². The van der Waals surface area contributed by atoms with Crippen LogP contribution in [0.25, 0.3) is 0 Å². The second kappa shape index (κ2) is 6.17. The summed E-state index contributed by atoms with van der Waals surface area (Å²) in [7, 11) is 1.65. The molecule has 1 heterocycles. The van der Waals surface area contributed by atoms with Gasteiger partial charge in [0.25, 0.3) is 0 Å². The lowest BCUT2D eigenvalue weighted by molar-refractivity contribution is 0.218. The fourth-order valence-corrected chi connectivity index (χ4v) is 2.97. The molecule has 0 aliphatic carbocycles. The fraction of sp³-hybridized carbons (Fsp3) is 0.538. The van der Waals surface area contributed by atoms with E-state index in [0.717, 1.165) is 29.2 Å². The van der Waals surface area contributed by atoms with E-state index in [9.17, 15) is 0 Å². The van der Waals surface area contributed by atoms with Crippen LogP contribution in [-0.2, 0) is 6.42 Å². The number of benzene rings is 1. The highest BCUT2D eigenvalue weighted by Crippen LogP contribution is 2.31. The van der Waals surface area contributed by atoms with Gasteiger partial charge in [0.05, 0.1) is 7.11 Å². The maximum absolute atomic E-state index is 8.91. The zero-order valence-corrected chi connectivity index (χ0v) is 10.8. The number of hydrogen-bond acceptors (Lipinski definition) is 4. The van der Waals surface area contributed by atoms with Crippen molar-refractivity contribution in [2.45, 2.75) is 18.9 Å². The monoisotopic (exact) mass is 254 g/mol. The Bertz CT molecular complexity index is 362. The van der Waals surface area contributed by atoms with Crippen LogP contribution in [0.4, 0.5) is 0 Å². The van der Waals surface area contributed by atoms with Gasteiger partial charge in [0.15, 0.2) is 11.5 Å². The molecule has 1 aliphatic rings. The van der Waals surface area contributed by atoms with Crippen molar-refractivity contribution < 1.29 is 14.6 Å². The fourth-order valence-electron chi connectivity index (χ4n) is 1.88. The van der Waals surface area contributed by atoms with Gasteiger partial charge in [-0.3, -0.25) is 0 Å². The molecule has 1 unspecified atom stereocenters. The zero-order valence-electron chi connectivity index (χ0n) is 10.0. The topological polar surface area (TPSA) is 38.7 Å². The van der Waals surface area contributed by atoms with Crippen LogP contribution in [0.1, 0.15) is 12.0 Å². The third kappa shape index (κ3) is 3.30. The van der Waals surface area contributed by atoms with Gasteiger partial charge in [-0.1, -0.05) is 6.07 Å². The van der Waals surface area contributed by atoms with Crippen molar-refractivity contribution in [1.29, 1.82) is 0 Å². The highest BCUT2D eigenvalue weighted by molar-refractivity contribution is 7.99. The molecule has 0 radical (unpaired) electrons. The van der Waals surface area contributed by atoms with Crippen LogP contribution in [0.3, 0.4) is 0 Å². The van der Waals surface area contributed by atoms with E-state index in [1.165, 1.54) is 5.75 Å². The van der Waals surface area contributed by atoms with E-state index in [-0.39, 0.29) is 6.61 Å². The standard InChI is InChI=1S/C13H18O3S/c1-15-13-8-10(4-6-14)2-3-12(13)16-11-5-7-17-9-11/h2-3,8,11,14H,4-7,9H2,1H3. The minimum Gasteiger partial charge on any atom is -0.493 e. The first kappa shape index (κ1) is 12.6. The van der Waals surface area contributed by atoms with Gasteiger partial charge in [-0.2, -0.15) is 11.8 Å². The Kier molecular flexibility index (Phi) is 4.57. The smallest absolute Gasteiger partial charge is 0.161 e. The summed E-state index contributed by atoms with van der Waals surface area (Å²) < 4.78 is 11.3. The summed E-state index contributed by atoms with van der Waals surface area (Å²) in [5.41, 5.74) is 1.07. The maximum Gasteiger partial charge on any atom is 0.161 e. The predicted molar refractivity (Wildman–Crippen MR) is 70.1 cm³/mol. The van der Waals surface area contributed by atoms with Gasteiger partial charge in [-0.25, -0.2) is 0 Å². The van der Waals surface area contributed by atoms with Crippen molar-refractivity contribution in [1.82, 2.24) is 0 Å². The molecule has 1 aromatic carbocycles. The molecular weight excluding hydrogens is 236 g/mol. The van der Waals surface area contributed by atoms with Crippen LogP contribution < -0.4 is 9.47 Å². The van der Waals surface area contributed by atoms with Crippen LogP contribution in [0.5, 0.6) is 11.5 Å². The van der Waals surface area contributed by atoms with Gasteiger partial charge in [-0.05, 0) is 36.3 Å². The first-order valence-corrected chi connectivity index (χ1v) is 7.01. The highest BCUT2D eigenvalue weighted by Gasteiger charge is 2.18. The molecule has 17 heavy (non-hydrogen) atoms. The largest absolute Gasteiger partial charge is 0.493 e. The predicted octanol–water partition coefficient (Wildman–Crippen LogP) is 2.11. The summed E-state index contributed by atoms with van der Waals surface area (Å²) in [6.07, 6.45) is 2.06. The van der Waals surface area contributed by atoms with Crippen LogP contribution in [-0.4, -0.2) is 36.4 Å². The van der Waals surface area contributed by atoms with Crippen LogP contribution in [0.2, 0.25) is 0 Å². The molecule has 0 saturated carbocycles. The SMILES string of the molecule is COc1cc(CCO)ccc1OC1CCSC1. The van der Waals surface area contributed by atoms with Crippen molar-refractivity contribution >= 4 is 11.8 Å². The van der Waals surface area contributed by atoms with Gasteiger partial charge in [0, 0.05) is 12.4 Å². The zero-order chi connectivity index (χ0) is 12.1.